The Morgan fingerprint density at radius 2 is 1.75 bits per heavy atom. The van der Waals surface area contributed by atoms with Crippen molar-refractivity contribution < 1.29 is 31.9 Å². The number of benzene rings is 2. The molecular weight excluding hydrogens is 380 g/mol. The van der Waals surface area contributed by atoms with Crippen LogP contribution in [0.25, 0.3) is 0 Å². The number of ether oxygens (including phenoxy) is 1. The number of piperazine rings is 1. The van der Waals surface area contributed by atoms with E-state index >= 15 is 0 Å². The van der Waals surface area contributed by atoms with E-state index in [1.165, 1.54) is 0 Å². The van der Waals surface area contributed by atoms with Gasteiger partial charge in [0.2, 0.25) is 0 Å². The average molecular weight is 396 g/mol. The van der Waals surface area contributed by atoms with Crippen molar-refractivity contribution in [3.05, 3.63) is 70.3 Å². The highest BCUT2D eigenvalue weighted by atomic mass is 19.2. The standard InChI is InChI=1S/C19H16F4N2O3/c20-15-12(9-26)16(21)18(23)14(17(15)22)13-8-24-6-7-25(13)19(27)28-10-11-4-2-1-3-5-11/h1-5,9,13,24H,6-8,10H2. The minimum atomic E-state index is -1.80. The second-order valence-corrected chi connectivity index (χ2v) is 6.15. The zero-order chi connectivity index (χ0) is 20.3. The minimum Gasteiger partial charge on any atom is -0.445 e. The maximum Gasteiger partial charge on any atom is 0.410 e. The number of hydrogen-bond acceptors (Lipinski definition) is 4. The molecule has 5 nitrogen and oxygen atoms in total. The molecule has 0 aromatic heterocycles. The summed E-state index contributed by atoms with van der Waals surface area (Å²) in [6, 6.07) is 7.40. The molecule has 2 aromatic carbocycles. The van der Waals surface area contributed by atoms with Crippen molar-refractivity contribution in [2.24, 2.45) is 0 Å². The molecule has 1 unspecified atom stereocenters. The number of aldehydes is 1. The maximum atomic E-state index is 14.4. The third-order valence-electron chi connectivity index (χ3n) is 4.47. The highest BCUT2D eigenvalue weighted by Gasteiger charge is 2.36. The first kappa shape index (κ1) is 19.8. The monoisotopic (exact) mass is 396 g/mol. The number of nitrogens with zero attached hydrogens (tertiary/aromatic N) is 1. The van der Waals surface area contributed by atoms with Crippen molar-refractivity contribution in [1.82, 2.24) is 10.2 Å². The number of carbonyl (C=O) groups is 2. The maximum absolute atomic E-state index is 14.4. The van der Waals surface area contributed by atoms with E-state index in [-0.39, 0.29) is 26.0 Å². The van der Waals surface area contributed by atoms with Gasteiger partial charge in [-0.05, 0) is 5.56 Å². The van der Waals surface area contributed by atoms with Gasteiger partial charge in [-0.25, -0.2) is 22.4 Å². The highest BCUT2D eigenvalue weighted by Crippen LogP contribution is 2.32. The van der Waals surface area contributed by atoms with Gasteiger partial charge in [-0.3, -0.25) is 9.69 Å². The summed E-state index contributed by atoms with van der Waals surface area (Å²) in [5.41, 5.74) is -1.60. The molecule has 1 fully saturated rings. The summed E-state index contributed by atoms with van der Waals surface area (Å²) >= 11 is 0. The first-order valence-corrected chi connectivity index (χ1v) is 8.44. The van der Waals surface area contributed by atoms with Crippen LogP contribution in [0.2, 0.25) is 0 Å². The molecule has 3 rings (SSSR count). The van der Waals surface area contributed by atoms with E-state index in [0.717, 1.165) is 4.90 Å². The summed E-state index contributed by atoms with van der Waals surface area (Å²) in [5, 5.41) is 2.82. The summed E-state index contributed by atoms with van der Waals surface area (Å²) in [4.78, 5) is 24.2. The summed E-state index contributed by atoms with van der Waals surface area (Å²) in [6.07, 6.45) is -1.18. The van der Waals surface area contributed by atoms with Crippen molar-refractivity contribution in [2.45, 2.75) is 12.6 Å². The predicted molar refractivity (Wildman–Crippen MR) is 90.6 cm³/mol. The molecular formula is C19H16F4N2O3. The Balaban J connectivity index is 1.89. The SMILES string of the molecule is O=Cc1c(F)c(F)c(C2CNCCN2C(=O)OCc2ccccc2)c(F)c1F. The van der Waals surface area contributed by atoms with Gasteiger partial charge in [-0.2, -0.15) is 0 Å². The Bertz CT molecular complexity index is 863. The molecule has 0 saturated carbocycles. The lowest BCUT2D eigenvalue weighted by molar-refractivity contribution is 0.0700. The molecule has 1 atom stereocenters. The van der Waals surface area contributed by atoms with E-state index in [0.29, 0.717) is 12.1 Å². The van der Waals surface area contributed by atoms with Crippen LogP contribution in [-0.4, -0.2) is 36.9 Å². The van der Waals surface area contributed by atoms with Gasteiger partial charge in [0, 0.05) is 19.6 Å². The van der Waals surface area contributed by atoms with Crippen LogP contribution in [0.3, 0.4) is 0 Å². The van der Waals surface area contributed by atoms with Crippen LogP contribution in [0.4, 0.5) is 22.4 Å². The van der Waals surface area contributed by atoms with Crippen molar-refractivity contribution in [3.63, 3.8) is 0 Å². The first-order valence-electron chi connectivity index (χ1n) is 8.44. The van der Waals surface area contributed by atoms with Gasteiger partial charge in [0.05, 0.1) is 17.2 Å². The number of amides is 1. The Morgan fingerprint density at radius 3 is 2.36 bits per heavy atom. The lowest BCUT2D eigenvalue weighted by Gasteiger charge is -2.36. The van der Waals surface area contributed by atoms with Crippen LogP contribution in [0.15, 0.2) is 30.3 Å². The Morgan fingerprint density at radius 1 is 1.11 bits per heavy atom. The fourth-order valence-electron chi connectivity index (χ4n) is 3.04. The van der Waals surface area contributed by atoms with E-state index in [1.54, 1.807) is 30.3 Å². The number of halogens is 4. The van der Waals surface area contributed by atoms with E-state index in [9.17, 15) is 27.2 Å². The quantitative estimate of drug-likeness (QED) is 0.489. The smallest absolute Gasteiger partial charge is 0.410 e. The van der Waals surface area contributed by atoms with Crippen molar-refractivity contribution in [1.29, 1.82) is 0 Å². The van der Waals surface area contributed by atoms with Crippen molar-refractivity contribution in [3.8, 4) is 0 Å². The van der Waals surface area contributed by atoms with Crippen LogP contribution in [-0.2, 0) is 11.3 Å². The molecule has 0 radical (unpaired) electrons. The van der Waals surface area contributed by atoms with E-state index in [4.69, 9.17) is 4.74 Å². The fraction of sp³-hybridized carbons (Fsp3) is 0.263. The normalized spacial score (nSPS) is 16.7. The second-order valence-electron chi connectivity index (χ2n) is 6.15. The summed E-state index contributed by atoms with van der Waals surface area (Å²) in [5.74, 6) is -7.02. The molecule has 0 bridgehead atoms. The van der Waals surface area contributed by atoms with Crippen LogP contribution in [0.5, 0.6) is 0 Å². The van der Waals surface area contributed by atoms with Gasteiger partial charge in [-0.15, -0.1) is 0 Å². The number of hydrogen-bond donors (Lipinski definition) is 1. The van der Waals surface area contributed by atoms with Crippen LogP contribution in [0.1, 0.15) is 27.5 Å². The molecule has 28 heavy (non-hydrogen) atoms. The molecule has 2 aromatic rings. The number of carbonyl (C=O) groups excluding carboxylic acids is 2. The number of rotatable bonds is 4. The van der Waals surface area contributed by atoms with E-state index in [2.05, 4.69) is 5.32 Å². The molecule has 1 saturated heterocycles. The zero-order valence-electron chi connectivity index (χ0n) is 14.6. The topological polar surface area (TPSA) is 58.6 Å². The molecule has 1 heterocycles. The summed E-state index contributed by atoms with van der Waals surface area (Å²) in [7, 11) is 0. The summed E-state index contributed by atoms with van der Waals surface area (Å²) in [6.45, 7) is 0.0923. The van der Waals surface area contributed by atoms with Crippen LogP contribution < -0.4 is 5.32 Å². The minimum absolute atomic E-state index is 0.00976. The lowest BCUT2D eigenvalue weighted by Crippen LogP contribution is -2.49. The molecule has 1 amide bonds. The highest BCUT2D eigenvalue weighted by molar-refractivity contribution is 5.76. The number of nitrogens with one attached hydrogen (secondary N) is 1. The molecule has 148 valence electrons. The molecule has 1 aliphatic heterocycles. The van der Waals surface area contributed by atoms with Gasteiger partial charge < -0.3 is 10.1 Å². The van der Waals surface area contributed by atoms with Crippen molar-refractivity contribution >= 4 is 12.4 Å². The van der Waals surface area contributed by atoms with E-state index < -0.39 is 46.5 Å². The Kier molecular flexibility index (Phi) is 5.93. The molecule has 1 aliphatic rings. The second kappa shape index (κ2) is 8.39. The molecule has 1 N–H and O–H groups in total. The largest absolute Gasteiger partial charge is 0.445 e. The van der Waals surface area contributed by atoms with E-state index in [1.807, 2.05) is 0 Å². The third-order valence-corrected chi connectivity index (χ3v) is 4.47. The van der Waals surface area contributed by atoms with Gasteiger partial charge in [-0.1, -0.05) is 30.3 Å². The fourth-order valence-corrected chi connectivity index (χ4v) is 3.04. The Labute approximate surface area is 157 Å². The van der Waals surface area contributed by atoms with Crippen LogP contribution in [0, 0.1) is 23.3 Å². The van der Waals surface area contributed by atoms with Gasteiger partial charge >= 0.3 is 6.09 Å². The van der Waals surface area contributed by atoms with Gasteiger partial charge in [0.25, 0.3) is 0 Å². The van der Waals surface area contributed by atoms with Gasteiger partial charge in [0.15, 0.2) is 29.6 Å². The first-order chi connectivity index (χ1) is 13.5. The Hall–Kier alpha value is -2.94. The van der Waals surface area contributed by atoms with Gasteiger partial charge in [0.1, 0.15) is 6.61 Å². The summed E-state index contributed by atoms with van der Waals surface area (Å²) < 4.78 is 62.0. The zero-order valence-corrected chi connectivity index (χ0v) is 14.6. The molecule has 0 spiro atoms. The van der Waals surface area contributed by atoms with Crippen LogP contribution >= 0.6 is 0 Å². The molecule has 0 aliphatic carbocycles. The third kappa shape index (κ3) is 3.70. The predicted octanol–water partition coefficient (Wildman–Crippen LogP) is 3.34. The molecule has 9 heteroatoms. The van der Waals surface area contributed by atoms with Crippen molar-refractivity contribution in [2.75, 3.05) is 19.6 Å². The average Bonchev–Trinajstić information content (AvgIpc) is 2.72. The lowest BCUT2D eigenvalue weighted by atomic mass is 9.99.